The van der Waals surface area contributed by atoms with E-state index in [-0.39, 0.29) is 5.54 Å². The van der Waals surface area contributed by atoms with E-state index < -0.39 is 0 Å². The van der Waals surface area contributed by atoms with Crippen LogP contribution in [0.2, 0.25) is 0 Å². The first-order chi connectivity index (χ1) is 10.7. The lowest BCUT2D eigenvalue weighted by molar-refractivity contribution is -0.142. The number of hydrogen-bond acceptors (Lipinski definition) is 4. The highest BCUT2D eigenvalue weighted by molar-refractivity contribution is 7.78. The van der Waals surface area contributed by atoms with Crippen molar-refractivity contribution < 1.29 is 4.79 Å². The fraction of sp³-hybridized carbons (Fsp3) is 0.889. The molecule has 0 N–H and O–H groups in total. The summed E-state index contributed by atoms with van der Waals surface area (Å²) in [6.07, 6.45) is 11.5. The highest BCUT2D eigenvalue weighted by Crippen LogP contribution is 2.53. The molecule has 3 aliphatic rings. The standard InChI is InChI=1S/C18H28N2OS/c1-2-3-6-14-11-17(21)16-7-4-5-9-18(16)10-8-15(20(14)18)12-19-13-22/h14-16H,2-12H2,1H3/t14-,15+,16-,18+/m1/s1. The van der Waals surface area contributed by atoms with Crippen LogP contribution >= 0.6 is 12.2 Å². The van der Waals surface area contributed by atoms with Gasteiger partial charge in [-0.1, -0.05) is 32.6 Å². The van der Waals surface area contributed by atoms with Crippen molar-refractivity contribution in [2.24, 2.45) is 10.9 Å². The monoisotopic (exact) mass is 320 g/mol. The van der Waals surface area contributed by atoms with E-state index in [9.17, 15) is 4.79 Å². The average molecular weight is 321 g/mol. The SMILES string of the molecule is CCCC[C@@H]1CC(=O)[C@H]2CCCC[C@]23CC[C@@H](CN=C=S)N13. The highest BCUT2D eigenvalue weighted by Gasteiger charge is 2.58. The summed E-state index contributed by atoms with van der Waals surface area (Å²) in [5.74, 6) is 0.844. The molecule has 1 spiro atoms. The first-order valence-electron chi connectivity index (χ1n) is 9.07. The smallest absolute Gasteiger partial charge is 0.139 e. The van der Waals surface area contributed by atoms with E-state index in [0.29, 0.717) is 23.8 Å². The van der Waals surface area contributed by atoms with E-state index in [0.717, 1.165) is 25.8 Å². The Morgan fingerprint density at radius 2 is 2.18 bits per heavy atom. The zero-order valence-corrected chi connectivity index (χ0v) is 14.5. The maximum atomic E-state index is 12.8. The number of aliphatic imine (C=N–C) groups is 1. The Labute approximate surface area is 139 Å². The zero-order chi connectivity index (χ0) is 15.6. The van der Waals surface area contributed by atoms with E-state index in [1.54, 1.807) is 0 Å². The number of unbranched alkanes of at least 4 members (excludes halogenated alkanes) is 1. The Morgan fingerprint density at radius 1 is 1.32 bits per heavy atom. The second-order valence-electron chi connectivity index (χ2n) is 7.40. The van der Waals surface area contributed by atoms with Crippen LogP contribution in [0.15, 0.2) is 4.99 Å². The second kappa shape index (κ2) is 6.90. The Balaban J connectivity index is 1.90. The van der Waals surface area contributed by atoms with Crippen LogP contribution in [-0.4, -0.2) is 40.0 Å². The normalized spacial score (nSPS) is 38.2. The van der Waals surface area contributed by atoms with Crippen LogP contribution in [0.5, 0.6) is 0 Å². The maximum absolute atomic E-state index is 12.8. The van der Waals surface area contributed by atoms with Crippen LogP contribution in [0.4, 0.5) is 0 Å². The lowest BCUT2D eigenvalue weighted by Gasteiger charge is -2.55. The number of nitrogens with zero attached hydrogens (tertiary/aromatic N) is 2. The van der Waals surface area contributed by atoms with Crippen molar-refractivity contribution in [1.82, 2.24) is 4.90 Å². The van der Waals surface area contributed by atoms with Crippen LogP contribution in [0.1, 0.15) is 71.1 Å². The maximum Gasteiger partial charge on any atom is 0.139 e. The van der Waals surface area contributed by atoms with Crippen LogP contribution in [-0.2, 0) is 4.79 Å². The van der Waals surface area contributed by atoms with Crippen molar-refractivity contribution >= 4 is 23.2 Å². The number of piperidine rings is 1. The predicted octanol–water partition coefficient (Wildman–Crippen LogP) is 4.01. The van der Waals surface area contributed by atoms with Gasteiger partial charge in [0.05, 0.1) is 11.7 Å². The van der Waals surface area contributed by atoms with Crippen LogP contribution < -0.4 is 0 Å². The van der Waals surface area contributed by atoms with Gasteiger partial charge < -0.3 is 0 Å². The van der Waals surface area contributed by atoms with Gasteiger partial charge in [-0.15, -0.1) is 0 Å². The lowest BCUT2D eigenvalue weighted by Crippen LogP contribution is -2.64. The molecule has 2 saturated heterocycles. The molecule has 0 aromatic heterocycles. The van der Waals surface area contributed by atoms with E-state index in [4.69, 9.17) is 12.2 Å². The minimum absolute atomic E-state index is 0.160. The molecule has 22 heavy (non-hydrogen) atoms. The summed E-state index contributed by atoms with van der Waals surface area (Å²) < 4.78 is 0. The van der Waals surface area contributed by atoms with Gasteiger partial charge in [-0.05, 0) is 44.3 Å². The summed E-state index contributed by atoms with van der Waals surface area (Å²) in [7, 11) is 0. The minimum Gasteiger partial charge on any atom is -0.299 e. The Hall–Kier alpha value is -0.570. The molecule has 2 heterocycles. The molecule has 1 saturated carbocycles. The number of hydrogen-bond donors (Lipinski definition) is 0. The first-order valence-corrected chi connectivity index (χ1v) is 9.48. The molecule has 4 atom stereocenters. The molecule has 1 aliphatic carbocycles. The second-order valence-corrected chi connectivity index (χ2v) is 7.58. The summed E-state index contributed by atoms with van der Waals surface area (Å²) in [6.45, 7) is 3.01. The molecule has 2 aliphatic heterocycles. The molecule has 3 nitrogen and oxygen atoms in total. The number of isothiocyanates is 1. The Morgan fingerprint density at radius 3 is 2.95 bits per heavy atom. The zero-order valence-electron chi connectivity index (χ0n) is 13.7. The highest BCUT2D eigenvalue weighted by atomic mass is 32.1. The van der Waals surface area contributed by atoms with Crippen molar-refractivity contribution in [2.75, 3.05) is 6.54 Å². The third-order valence-electron chi connectivity index (χ3n) is 6.30. The molecule has 122 valence electrons. The number of carbonyl (C=O) groups excluding carboxylic acids is 1. The van der Waals surface area contributed by atoms with E-state index in [2.05, 4.69) is 22.0 Å². The van der Waals surface area contributed by atoms with E-state index in [1.165, 1.54) is 44.9 Å². The van der Waals surface area contributed by atoms with Gasteiger partial charge in [-0.3, -0.25) is 9.69 Å². The summed E-state index contributed by atoms with van der Waals surface area (Å²) in [5.41, 5.74) is 0.160. The van der Waals surface area contributed by atoms with Gasteiger partial charge in [-0.25, -0.2) is 4.99 Å². The summed E-state index contributed by atoms with van der Waals surface area (Å²) in [5, 5.41) is 2.54. The van der Waals surface area contributed by atoms with Crippen LogP contribution in [0, 0.1) is 5.92 Å². The van der Waals surface area contributed by atoms with Gasteiger partial charge in [0.25, 0.3) is 0 Å². The van der Waals surface area contributed by atoms with Crippen LogP contribution in [0.3, 0.4) is 0 Å². The first kappa shape index (κ1) is 16.3. The summed E-state index contributed by atoms with van der Waals surface area (Å²) in [6, 6.07) is 0.917. The quantitative estimate of drug-likeness (QED) is 0.567. The molecule has 4 heteroatoms. The molecule has 3 rings (SSSR count). The van der Waals surface area contributed by atoms with Gasteiger partial charge in [0, 0.05) is 30.0 Å². The topological polar surface area (TPSA) is 32.7 Å². The lowest BCUT2D eigenvalue weighted by atomic mass is 9.65. The predicted molar refractivity (Wildman–Crippen MR) is 92.4 cm³/mol. The van der Waals surface area contributed by atoms with E-state index >= 15 is 0 Å². The number of ketones is 1. The number of rotatable bonds is 5. The molecule has 0 radical (unpaired) electrons. The molecular formula is C18H28N2OS. The van der Waals surface area contributed by atoms with Gasteiger partial charge in [0.15, 0.2) is 0 Å². The van der Waals surface area contributed by atoms with Crippen LogP contribution in [0.25, 0.3) is 0 Å². The number of thiocarbonyl (C=S) groups is 1. The Kier molecular flexibility index (Phi) is 5.11. The largest absolute Gasteiger partial charge is 0.299 e. The molecule has 0 aromatic carbocycles. The third kappa shape index (κ3) is 2.70. The molecular weight excluding hydrogens is 292 g/mol. The number of carbonyl (C=O) groups is 1. The van der Waals surface area contributed by atoms with Gasteiger partial charge in [0.1, 0.15) is 5.78 Å². The van der Waals surface area contributed by atoms with Crippen molar-refractivity contribution in [3.05, 3.63) is 0 Å². The van der Waals surface area contributed by atoms with Gasteiger partial charge in [0.2, 0.25) is 0 Å². The molecule has 0 amide bonds. The molecule has 0 bridgehead atoms. The summed E-state index contributed by atoms with van der Waals surface area (Å²) in [4.78, 5) is 19.8. The van der Waals surface area contributed by atoms with Gasteiger partial charge in [-0.2, -0.15) is 0 Å². The average Bonchev–Trinajstić information content (AvgIpc) is 2.89. The minimum atomic E-state index is 0.160. The summed E-state index contributed by atoms with van der Waals surface area (Å²) >= 11 is 4.78. The van der Waals surface area contributed by atoms with E-state index in [1.807, 2.05) is 0 Å². The third-order valence-corrected chi connectivity index (χ3v) is 6.42. The van der Waals surface area contributed by atoms with Crippen molar-refractivity contribution in [1.29, 1.82) is 0 Å². The van der Waals surface area contributed by atoms with Crippen molar-refractivity contribution in [3.63, 3.8) is 0 Å². The van der Waals surface area contributed by atoms with Crippen molar-refractivity contribution in [2.45, 2.75) is 88.8 Å². The number of Topliss-reactive ketones (excluding diaryl/α,β-unsaturated/α-hetero) is 1. The fourth-order valence-corrected chi connectivity index (χ4v) is 5.55. The molecule has 0 aromatic rings. The fourth-order valence-electron chi connectivity index (χ4n) is 5.48. The molecule has 3 fully saturated rings. The van der Waals surface area contributed by atoms with Gasteiger partial charge >= 0.3 is 0 Å². The Bertz CT molecular complexity index is 474. The van der Waals surface area contributed by atoms with Crippen molar-refractivity contribution in [3.8, 4) is 0 Å². The molecule has 0 unspecified atom stereocenters.